The van der Waals surface area contributed by atoms with E-state index in [2.05, 4.69) is 16.0 Å². The Bertz CT molecular complexity index is 940. The number of carbonyl (C=O) groups is 6. The predicted molar refractivity (Wildman–Crippen MR) is 122 cm³/mol. The molecule has 9 N–H and O–H groups in total. The molecule has 0 aromatic heterocycles. The third-order valence-corrected chi connectivity index (χ3v) is 4.99. The highest BCUT2D eigenvalue weighted by molar-refractivity contribution is 5.94. The first kappa shape index (κ1) is 30.0. The summed E-state index contributed by atoms with van der Waals surface area (Å²) in [4.78, 5) is 71.2. The number of carboxylic acid groups (broad SMARTS) is 3. The fourth-order valence-electron chi connectivity index (χ4n) is 3.03. The van der Waals surface area contributed by atoms with Crippen LogP contribution >= 0.6 is 0 Å². The van der Waals surface area contributed by atoms with E-state index in [1.807, 2.05) is 0 Å². The van der Waals surface area contributed by atoms with Crippen molar-refractivity contribution in [1.82, 2.24) is 16.0 Å². The lowest BCUT2D eigenvalue weighted by Gasteiger charge is -2.25. The van der Waals surface area contributed by atoms with Gasteiger partial charge in [0.05, 0.1) is 6.61 Å². The van der Waals surface area contributed by atoms with E-state index in [0.717, 1.165) is 0 Å². The molecule has 36 heavy (non-hydrogen) atoms. The molecule has 0 aliphatic carbocycles. The predicted octanol–water partition coefficient (Wildman–Crippen LogP) is -2.18. The van der Waals surface area contributed by atoms with Gasteiger partial charge in [0.2, 0.25) is 17.7 Å². The fraction of sp³-hybridized carbons (Fsp3) is 0.455. The zero-order chi connectivity index (χ0) is 27.3. The lowest BCUT2D eigenvalue weighted by molar-refractivity contribution is -0.144. The number of carbonyl (C=O) groups excluding carboxylic acids is 3. The highest BCUT2D eigenvalue weighted by atomic mass is 16.4. The lowest BCUT2D eigenvalue weighted by atomic mass is 10.0. The number of hydrogen-bond donors (Lipinski definition) is 8. The number of aliphatic carboxylic acids is 3. The van der Waals surface area contributed by atoms with Gasteiger partial charge in [-0.2, -0.15) is 0 Å². The summed E-state index contributed by atoms with van der Waals surface area (Å²) in [5, 5.41) is 43.0. The van der Waals surface area contributed by atoms with Gasteiger partial charge in [-0.05, 0) is 18.4 Å². The molecule has 0 bridgehead atoms. The van der Waals surface area contributed by atoms with Gasteiger partial charge < -0.3 is 42.1 Å². The van der Waals surface area contributed by atoms with Gasteiger partial charge in [-0.15, -0.1) is 0 Å². The maximum atomic E-state index is 13.0. The van der Waals surface area contributed by atoms with Gasteiger partial charge in [-0.3, -0.25) is 24.0 Å². The standard InChI is InChI=1S/C22H30N4O10/c23-13(11-27)19(32)26-16(10-12-4-2-1-3-5-12)21(34)24-14(6-8-17(28)29)20(33)25-15(22(35)36)7-9-18(30)31/h1-5,13-16,27H,6-11,23H2,(H,24,34)(H,25,33)(H,26,32)(H,28,29)(H,30,31)(H,35,36). The molecule has 14 nitrogen and oxygen atoms in total. The van der Waals surface area contributed by atoms with Gasteiger partial charge in [0.15, 0.2) is 0 Å². The van der Waals surface area contributed by atoms with Crippen molar-refractivity contribution in [2.45, 2.75) is 56.3 Å². The summed E-state index contributed by atoms with van der Waals surface area (Å²) in [6.45, 7) is -0.692. The molecule has 0 saturated heterocycles. The minimum atomic E-state index is -1.60. The number of aliphatic hydroxyl groups excluding tert-OH is 1. The normalized spacial score (nSPS) is 13.9. The molecule has 0 radical (unpaired) electrons. The lowest BCUT2D eigenvalue weighted by Crippen LogP contribution is -2.58. The van der Waals surface area contributed by atoms with Crippen LogP contribution in [0.5, 0.6) is 0 Å². The van der Waals surface area contributed by atoms with E-state index in [1.165, 1.54) is 0 Å². The molecule has 1 rings (SSSR count). The second kappa shape index (κ2) is 15.1. The Morgan fingerprint density at radius 1 is 0.722 bits per heavy atom. The van der Waals surface area contributed by atoms with Gasteiger partial charge in [0.25, 0.3) is 0 Å². The Labute approximate surface area is 205 Å². The Morgan fingerprint density at radius 2 is 1.19 bits per heavy atom. The van der Waals surface area contributed by atoms with Crippen molar-refractivity contribution < 1.29 is 49.2 Å². The molecule has 1 aromatic carbocycles. The van der Waals surface area contributed by atoms with Crippen LogP contribution in [0.2, 0.25) is 0 Å². The molecule has 0 aliphatic heterocycles. The number of nitrogens with one attached hydrogen (secondary N) is 3. The number of carboxylic acids is 3. The smallest absolute Gasteiger partial charge is 0.326 e. The molecular formula is C22H30N4O10. The van der Waals surface area contributed by atoms with Crippen molar-refractivity contribution >= 4 is 35.6 Å². The molecule has 0 spiro atoms. The molecule has 0 aliphatic rings. The monoisotopic (exact) mass is 510 g/mol. The van der Waals surface area contributed by atoms with Crippen LogP contribution in [-0.2, 0) is 35.2 Å². The van der Waals surface area contributed by atoms with Crippen LogP contribution in [0, 0.1) is 0 Å². The van der Waals surface area contributed by atoms with Crippen LogP contribution in [0.1, 0.15) is 31.2 Å². The molecular weight excluding hydrogens is 480 g/mol. The Hall–Kier alpha value is -4.04. The maximum absolute atomic E-state index is 13.0. The van der Waals surface area contributed by atoms with Gasteiger partial charge in [-0.25, -0.2) is 4.79 Å². The number of benzene rings is 1. The third-order valence-electron chi connectivity index (χ3n) is 4.99. The van der Waals surface area contributed by atoms with Crippen molar-refractivity contribution in [3.05, 3.63) is 35.9 Å². The zero-order valence-electron chi connectivity index (χ0n) is 19.3. The number of nitrogens with two attached hydrogens (primary N) is 1. The zero-order valence-corrected chi connectivity index (χ0v) is 19.3. The molecule has 198 valence electrons. The molecule has 0 fully saturated rings. The van der Waals surface area contributed by atoms with Gasteiger partial charge in [-0.1, -0.05) is 30.3 Å². The number of rotatable bonds is 16. The Morgan fingerprint density at radius 3 is 1.69 bits per heavy atom. The Kier molecular flexibility index (Phi) is 12.5. The van der Waals surface area contributed by atoms with Gasteiger partial charge in [0, 0.05) is 19.3 Å². The quantitative estimate of drug-likeness (QED) is 0.119. The van der Waals surface area contributed by atoms with Gasteiger partial charge >= 0.3 is 17.9 Å². The molecule has 14 heteroatoms. The largest absolute Gasteiger partial charge is 0.481 e. The first-order valence-electron chi connectivity index (χ1n) is 10.9. The minimum absolute atomic E-state index is 0.0415. The average Bonchev–Trinajstić information content (AvgIpc) is 2.83. The summed E-state index contributed by atoms with van der Waals surface area (Å²) in [7, 11) is 0. The summed E-state index contributed by atoms with van der Waals surface area (Å²) in [6.07, 6.45) is -2.02. The highest BCUT2D eigenvalue weighted by Crippen LogP contribution is 2.07. The molecule has 3 amide bonds. The minimum Gasteiger partial charge on any atom is -0.481 e. The highest BCUT2D eigenvalue weighted by Gasteiger charge is 2.31. The van der Waals surface area contributed by atoms with Crippen molar-refractivity contribution in [2.24, 2.45) is 5.73 Å². The van der Waals surface area contributed by atoms with E-state index in [4.69, 9.17) is 21.1 Å². The van der Waals surface area contributed by atoms with E-state index in [-0.39, 0.29) is 6.42 Å². The van der Waals surface area contributed by atoms with Crippen molar-refractivity contribution in [3.8, 4) is 0 Å². The third kappa shape index (κ3) is 10.9. The van der Waals surface area contributed by atoms with Crippen LogP contribution in [0.4, 0.5) is 0 Å². The first-order chi connectivity index (χ1) is 16.9. The van der Waals surface area contributed by atoms with Crippen LogP contribution in [0.3, 0.4) is 0 Å². The molecule has 4 atom stereocenters. The summed E-state index contributed by atoms with van der Waals surface area (Å²) in [6, 6.07) is 2.75. The van der Waals surface area contributed by atoms with E-state index in [0.29, 0.717) is 5.56 Å². The van der Waals surface area contributed by atoms with Crippen molar-refractivity contribution in [1.29, 1.82) is 0 Å². The van der Waals surface area contributed by atoms with Crippen LogP contribution in [0.25, 0.3) is 0 Å². The summed E-state index contributed by atoms with van der Waals surface area (Å²) >= 11 is 0. The molecule has 1 aromatic rings. The van der Waals surface area contributed by atoms with Crippen molar-refractivity contribution in [2.75, 3.05) is 6.61 Å². The second-order valence-corrected chi connectivity index (χ2v) is 7.87. The van der Waals surface area contributed by atoms with E-state index >= 15 is 0 Å². The number of hydrogen-bond acceptors (Lipinski definition) is 8. The average molecular weight is 511 g/mol. The molecule has 0 saturated carbocycles. The topological polar surface area (TPSA) is 245 Å². The second-order valence-electron chi connectivity index (χ2n) is 7.87. The summed E-state index contributed by atoms with van der Waals surface area (Å²) in [5.74, 6) is -6.86. The summed E-state index contributed by atoms with van der Waals surface area (Å²) < 4.78 is 0. The van der Waals surface area contributed by atoms with Crippen LogP contribution < -0.4 is 21.7 Å². The summed E-state index contributed by atoms with van der Waals surface area (Å²) in [5.41, 5.74) is 6.13. The number of aliphatic hydroxyl groups is 1. The van der Waals surface area contributed by atoms with E-state index in [9.17, 15) is 33.9 Å². The fourth-order valence-corrected chi connectivity index (χ4v) is 3.03. The number of amides is 3. The SMILES string of the molecule is NC(CO)C(=O)NC(Cc1ccccc1)C(=O)NC(CCC(=O)O)C(=O)NC(CCC(=O)O)C(=O)O. The van der Waals surface area contributed by atoms with Crippen molar-refractivity contribution in [3.63, 3.8) is 0 Å². The van der Waals surface area contributed by atoms with E-state index in [1.54, 1.807) is 30.3 Å². The molecule has 0 heterocycles. The maximum Gasteiger partial charge on any atom is 0.326 e. The first-order valence-corrected chi connectivity index (χ1v) is 10.9. The Balaban J connectivity index is 3.10. The van der Waals surface area contributed by atoms with Crippen LogP contribution in [0.15, 0.2) is 30.3 Å². The van der Waals surface area contributed by atoms with Crippen LogP contribution in [-0.4, -0.2) is 86.8 Å². The molecule has 4 unspecified atom stereocenters. The van der Waals surface area contributed by atoms with Gasteiger partial charge in [0.1, 0.15) is 24.2 Å². The van der Waals surface area contributed by atoms with E-state index < -0.39 is 92.1 Å².